The Bertz CT molecular complexity index is 1300. The summed E-state index contributed by atoms with van der Waals surface area (Å²) in [5, 5.41) is 21.6. The monoisotopic (exact) mass is 491 g/mol. The summed E-state index contributed by atoms with van der Waals surface area (Å²) in [5.41, 5.74) is 2.74. The van der Waals surface area contributed by atoms with Gasteiger partial charge in [0.25, 0.3) is 5.91 Å². The minimum atomic E-state index is -0.335. The molecule has 0 spiro atoms. The lowest BCUT2D eigenvalue weighted by Crippen LogP contribution is -2.48. The van der Waals surface area contributed by atoms with E-state index >= 15 is 0 Å². The highest BCUT2D eigenvalue weighted by atomic mass is 32.1. The van der Waals surface area contributed by atoms with Crippen molar-refractivity contribution in [2.75, 3.05) is 5.32 Å². The molecule has 8 nitrogen and oxygen atoms in total. The maximum atomic E-state index is 12.4. The molecule has 1 fully saturated rings. The standard InChI is InChI=1S/C26H29N5O3S/c1-26(2)13-21-23(24(34)30-26)35-25(29-21)28-20-12-17(8-10-22(20)33)18-14-27-31(15-18)11-3-4-19(32)9-7-16-5-6-16/h7-10,12,14-16,33H,3-6,11,13H2,1-2H3,(H,28,29)(H,30,34)/b9-7+. The Labute approximate surface area is 208 Å². The van der Waals surface area contributed by atoms with E-state index in [0.717, 1.165) is 23.2 Å². The van der Waals surface area contributed by atoms with Gasteiger partial charge in [-0.1, -0.05) is 23.5 Å². The number of carbonyl (C=O) groups is 2. The Kier molecular flexibility index (Phi) is 6.19. The molecule has 3 N–H and O–H groups in total. The fraction of sp³-hybridized carbons (Fsp3) is 0.385. The molecule has 1 aliphatic carbocycles. The fourth-order valence-electron chi connectivity index (χ4n) is 4.13. The van der Waals surface area contributed by atoms with Crippen LogP contribution in [0.3, 0.4) is 0 Å². The summed E-state index contributed by atoms with van der Waals surface area (Å²) in [4.78, 5) is 29.6. The van der Waals surface area contributed by atoms with Gasteiger partial charge in [-0.15, -0.1) is 0 Å². The van der Waals surface area contributed by atoms with Crippen molar-refractivity contribution in [1.82, 2.24) is 20.1 Å². The number of benzene rings is 1. The van der Waals surface area contributed by atoms with Gasteiger partial charge in [-0.2, -0.15) is 5.10 Å². The molecule has 0 bridgehead atoms. The first kappa shape index (κ1) is 23.3. The molecule has 0 atom stereocenters. The van der Waals surface area contributed by atoms with Crippen LogP contribution in [0.15, 0.2) is 42.7 Å². The number of anilines is 2. The van der Waals surface area contributed by atoms with Gasteiger partial charge in [-0.25, -0.2) is 4.98 Å². The lowest BCUT2D eigenvalue weighted by atomic mass is 9.94. The third kappa shape index (κ3) is 5.62. The summed E-state index contributed by atoms with van der Waals surface area (Å²) in [6.07, 6.45) is 11.8. The van der Waals surface area contributed by atoms with Crippen LogP contribution in [0.4, 0.5) is 10.8 Å². The number of thiazole rings is 1. The van der Waals surface area contributed by atoms with Gasteiger partial charge in [-0.05, 0) is 62.8 Å². The molecule has 0 unspecified atom stereocenters. The zero-order chi connectivity index (χ0) is 24.6. The van der Waals surface area contributed by atoms with Crippen LogP contribution in [-0.4, -0.2) is 37.1 Å². The van der Waals surface area contributed by atoms with Gasteiger partial charge in [0.15, 0.2) is 10.9 Å². The smallest absolute Gasteiger partial charge is 0.263 e. The summed E-state index contributed by atoms with van der Waals surface area (Å²) in [6, 6.07) is 5.30. The number of fused-ring (bicyclic) bond motifs is 1. The third-order valence-corrected chi connectivity index (χ3v) is 7.17. The highest BCUT2D eigenvalue weighted by molar-refractivity contribution is 7.17. The highest BCUT2D eigenvalue weighted by Gasteiger charge is 2.33. The Morgan fingerprint density at radius 3 is 2.97 bits per heavy atom. The molecule has 2 aromatic heterocycles. The number of ketones is 1. The maximum absolute atomic E-state index is 12.4. The number of carbonyl (C=O) groups excluding carboxylic acids is 2. The highest BCUT2D eigenvalue weighted by Crippen LogP contribution is 2.36. The molecule has 0 saturated heterocycles. The average molecular weight is 492 g/mol. The van der Waals surface area contributed by atoms with Gasteiger partial charge in [0, 0.05) is 36.7 Å². The molecule has 1 aromatic carbocycles. The number of phenols is 1. The molecule has 182 valence electrons. The van der Waals surface area contributed by atoms with Crippen LogP contribution in [0.5, 0.6) is 5.75 Å². The molecule has 1 amide bonds. The number of phenolic OH excluding ortho intramolecular Hbond substituents is 1. The van der Waals surface area contributed by atoms with Crippen molar-refractivity contribution in [2.45, 2.75) is 58.0 Å². The zero-order valence-electron chi connectivity index (χ0n) is 19.9. The molecule has 3 heterocycles. The number of aromatic nitrogens is 3. The summed E-state index contributed by atoms with van der Waals surface area (Å²) in [7, 11) is 0. The van der Waals surface area contributed by atoms with E-state index in [4.69, 9.17) is 0 Å². The van der Waals surface area contributed by atoms with Crippen LogP contribution in [0.1, 0.15) is 54.9 Å². The maximum Gasteiger partial charge on any atom is 0.263 e. The number of rotatable bonds is 9. The Morgan fingerprint density at radius 2 is 2.17 bits per heavy atom. The first-order valence-electron chi connectivity index (χ1n) is 11.9. The Morgan fingerprint density at radius 1 is 1.34 bits per heavy atom. The SMILES string of the molecule is CC1(C)Cc2nc(Nc3cc(-c4cnn(CCCC(=O)/C=C/C5CC5)c4)ccc3O)sc2C(=O)N1. The molecule has 3 aromatic rings. The largest absolute Gasteiger partial charge is 0.506 e. The number of nitrogens with one attached hydrogen (secondary N) is 2. The number of amides is 1. The molecule has 9 heteroatoms. The normalized spacial score (nSPS) is 16.8. The van der Waals surface area contributed by atoms with Crippen LogP contribution < -0.4 is 10.6 Å². The van der Waals surface area contributed by atoms with Crippen molar-refractivity contribution in [3.05, 3.63) is 53.3 Å². The van der Waals surface area contributed by atoms with E-state index in [1.807, 2.05) is 42.9 Å². The van der Waals surface area contributed by atoms with Gasteiger partial charge < -0.3 is 15.7 Å². The molecule has 1 saturated carbocycles. The number of allylic oxidation sites excluding steroid dienone is 2. The molecular formula is C26H29N5O3S. The second-order valence-corrected chi connectivity index (χ2v) is 10.9. The Balaban J connectivity index is 1.24. The van der Waals surface area contributed by atoms with E-state index in [2.05, 4.69) is 20.7 Å². The minimum absolute atomic E-state index is 0.0943. The lowest BCUT2D eigenvalue weighted by Gasteiger charge is -2.29. The van der Waals surface area contributed by atoms with Crippen molar-refractivity contribution in [3.8, 4) is 16.9 Å². The van der Waals surface area contributed by atoms with Crippen LogP contribution in [0.2, 0.25) is 0 Å². The second kappa shape index (κ2) is 9.30. The van der Waals surface area contributed by atoms with Crippen LogP contribution in [0, 0.1) is 5.92 Å². The topological polar surface area (TPSA) is 109 Å². The van der Waals surface area contributed by atoms with E-state index in [-0.39, 0.29) is 23.0 Å². The minimum Gasteiger partial charge on any atom is -0.506 e. The summed E-state index contributed by atoms with van der Waals surface area (Å²) in [6.45, 7) is 4.61. The van der Waals surface area contributed by atoms with Crippen molar-refractivity contribution >= 4 is 33.8 Å². The average Bonchev–Trinajstić information content (AvgIpc) is 3.36. The van der Waals surface area contributed by atoms with Gasteiger partial charge in [-0.3, -0.25) is 14.3 Å². The van der Waals surface area contributed by atoms with Gasteiger partial charge in [0.2, 0.25) is 0 Å². The Hall–Kier alpha value is -3.46. The first-order valence-corrected chi connectivity index (χ1v) is 12.7. The zero-order valence-corrected chi connectivity index (χ0v) is 20.7. The second-order valence-electron chi connectivity index (χ2n) is 9.93. The molecule has 2 aliphatic rings. The fourth-order valence-corrected chi connectivity index (χ4v) is 5.02. The molecule has 0 radical (unpaired) electrons. The van der Waals surface area contributed by atoms with Crippen molar-refractivity contribution < 1.29 is 14.7 Å². The van der Waals surface area contributed by atoms with E-state index in [9.17, 15) is 14.7 Å². The van der Waals surface area contributed by atoms with Crippen LogP contribution in [-0.2, 0) is 17.8 Å². The van der Waals surface area contributed by atoms with E-state index < -0.39 is 0 Å². The number of nitrogens with zero attached hydrogens (tertiary/aromatic N) is 3. The summed E-state index contributed by atoms with van der Waals surface area (Å²) < 4.78 is 1.84. The first-order chi connectivity index (χ1) is 16.8. The van der Waals surface area contributed by atoms with Crippen molar-refractivity contribution in [3.63, 3.8) is 0 Å². The number of hydrogen-bond donors (Lipinski definition) is 3. The van der Waals surface area contributed by atoms with Crippen molar-refractivity contribution in [2.24, 2.45) is 5.92 Å². The number of hydrogen-bond acceptors (Lipinski definition) is 7. The van der Waals surface area contributed by atoms with Gasteiger partial charge in [0.05, 0.1) is 17.6 Å². The molecule has 1 aliphatic heterocycles. The molecule has 5 rings (SSSR count). The van der Waals surface area contributed by atoms with E-state index in [1.165, 1.54) is 24.2 Å². The predicted molar refractivity (Wildman–Crippen MR) is 136 cm³/mol. The number of aromatic hydroxyl groups is 1. The lowest BCUT2D eigenvalue weighted by molar-refractivity contribution is -0.114. The van der Waals surface area contributed by atoms with E-state index in [0.29, 0.717) is 41.0 Å². The predicted octanol–water partition coefficient (Wildman–Crippen LogP) is 4.84. The number of aryl methyl sites for hydroxylation is 1. The summed E-state index contributed by atoms with van der Waals surface area (Å²) >= 11 is 1.28. The van der Waals surface area contributed by atoms with Gasteiger partial charge >= 0.3 is 0 Å². The molecular weight excluding hydrogens is 462 g/mol. The van der Waals surface area contributed by atoms with Crippen LogP contribution in [0.25, 0.3) is 11.1 Å². The van der Waals surface area contributed by atoms with E-state index in [1.54, 1.807) is 18.3 Å². The van der Waals surface area contributed by atoms with Gasteiger partial charge in [0.1, 0.15) is 10.6 Å². The quantitative estimate of drug-likeness (QED) is 0.292. The molecule has 35 heavy (non-hydrogen) atoms. The third-order valence-electron chi connectivity index (χ3n) is 6.16. The summed E-state index contributed by atoms with van der Waals surface area (Å²) in [5.74, 6) is 0.762. The van der Waals surface area contributed by atoms with Crippen LogP contribution >= 0.6 is 11.3 Å². The van der Waals surface area contributed by atoms with Crippen molar-refractivity contribution in [1.29, 1.82) is 0 Å².